The lowest BCUT2D eigenvalue weighted by Crippen LogP contribution is -1.88. The fraction of sp³-hybridized carbons (Fsp3) is 0.133. The molecule has 2 aromatic carbocycles. The molecule has 0 aromatic heterocycles. The van der Waals surface area contributed by atoms with E-state index < -0.39 is 0 Å². The van der Waals surface area contributed by atoms with E-state index >= 15 is 0 Å². The highest BCUT2D eigenvalue weighted by Crippen LogP contribution is 2.37. The van der Waals surface area contributed by atoms with Gasteiger partial charge in [-0.25, -0.2) is 0 Å². The molecular weight excluding hydrogens is 264 g/mol. The van der Waals surface area contributed by atoms with Crippen LogP contribution in [0.2, 0.25) is 5.02 Å². The normalized spacial score (nSPS) is 10.4. The lowest BCUT2D eigenvalue weighted by molar-refractivity contribution is 0.112. The molecule has 92 valence electrons. The fourth-order valence-corrected chi connectivity index (χ4v) is 3.04. The van der Waals surface area contributed by atoms with Gasteiger partial charge in [0.2, 0.25) is 0 Å². The number of aryl methyl sites for hydroxylation is 2. The Morgan fingerprint density at radius 1 is 1.17 bits per heavy atom. The summed E-state index contributed by atoms with van der Waals surface area (Å²) in [5.41, 5.74) is 3.01. The van der Waals surface area contributed by atoms with Crippen molar-refractivity contribution in [2.45, 2.75) is 23.6 Å². The van der Waals surface area contributed by atoms with Gasteiger partial charge in [0.05, 0.1) is 5.02 Å². The Kier molecular flexibility index (Phi) is 4.10. The fourth-order valence-electron chi connectivity index (χ4n) is 1.65. The molecule has 2 rings (SSSR count). The molecule has 0 N–H and O–H groups in total. The van der Waals surface area contributed by atoms with Gasteiger partial charge in [0.15, 0.2) is 6.29 Å². The van der Waals surface area contributed by atoms with E-state index in [1.807, 2.05) is 6.07 Å². The maximum atomic E-state index is 11.0. The van der Waals surface area contributed by atoms with Crippen LogP contribution < -0.4 is 0 Å². The van der Waals surface area contributed by atoms with Crippen molar-refractivity contribution in [3.05, 3.63) is 58.1 Å². The maximum absolute atomic E-state index is 11.0. The minimum atomic E-state index is 0.616. The maximum Gasteiger partial charge on any atom is 0.151 e. The molecule has 0 saturated heterocycles. The van der Waals surface area contributed by atoms with E-state index in [1.165, 1.54) is 11.1 Å². The summed E-state index contributed by atoms with van der Waals surface area (Å²) in [6.07, 6.45) is 0.847. The van der Waals surface area contributed by atoms with Gasteiger partial charge in [-0.2, -0.15) is 0 Å². The molecule has 0 fully saturated rings. The number of rotatable bonds is 3. The number of hydrogen-bond donors (Lipinski definition) is 0. The van der Waals surface area contributed by atoms with Gasteiger partial charge < -0.3 is 0 Å². The summed E-state index contributed by atoms with van der Waals surface area (Å²) in [4.78, 5) is 13.0. The SMILES string of the molecule is Cc1ccc(C)c(Sc2c(Cl)cccc2C=O)c1. The first kappa shape index (κ1) is 13.2. The molecule has 0 aliphatic heterocycles. The highest BCUT2D eigenvalue weighted by atomic mass is 35.5. The standard InChI is InChI=1S/C15H13ClOS/c1-10-6-7-11(2)14(8-10)18-15-12(9-17)4-3-5-13(15)16/h3-9H,1-2H3. The summed E-state index contributed by atoms with van der Waals surface area (Å²) in [6, 6.07) is 11.6. The molecule has 0 aliphatic rings. The van der Waals surface area contributed by atoms with E-state index in [2.05, 4.69) is 32.0 Å². The summed E-state index contributed by atoms with van der Waals surface area (Å²) < 4.78 is 0. The largest absolute Gasteiger partial charge is 0.298 e. The van der Waals surface area contributed by atoms with Gasteiger partial charge in [-0.05, 0) is 37.1 Å². The van der Waals surface area contributed by atoms with Crippen LogP contribution in [0.3, 0.4) is 0 Å². The molecule has 0 aliphatic carbocycles. The first-order valence-electron chi connectivity index (χ1n) is 5.60. The Labute approximate surface area is 116 Å². The van der Waals surface area contributed by atoms with Gasteiger partial charge in [0.25, 0.3) is 0 Å². The molecule has 2 aromatic rings. The van der Waals surface area contributed by atoms with E-state index in [0.29, 0.717) is 10.6 Å². The molecule has 0 unspecified atom stereocenters. The number of carbonyl (C=O) groups is 1. The molecule has 0 atom stereocenters. The summed E-state index contributed by atoms with van der Waals surface area (Å²) >= 11 is 7.71. The quantitative estimate of drug-likeness (QED) is 0.740. The van der Waals surface area contributed by atoms with Crippen LogP contribution in [0.25, 0.3) is 0 Å². The molecule has 18 heavy (non-hydrogen) atoms. The zero-order valence-electron chi connectivity index (χ0n) is 10.2. The van der Waals surface area contributed by atoms with E-state index in [9.17, 15) is 4.79 Å². The van der Waals surface area contributed by atoms with Gasteiger partial charge >= 0.3 is 0 Å². The smallest absolute Gasteiger partial charge is 0.151 e. The Morgan fingerprint density at radius 3 is 2.67 bits per heavy atom. The highest BCUT2D eigenvalue weighted by Gasteiger charge is 2.10. The third kappa shape index (κ3) is 2.77. The van der Waals surface area contributed by atoms with Crippen molar-refractivity contribution >= 4 is 29.6 Å². The van der Waals surface area contributed by atoms with Crippen molar-refractivity contribution in [1.29, 1.82) is 0 Å². The minimum absolute atomic E-state index is 0.616. The number of hydrogen-bond acceptors (Lipinski definition) is 2. The lowest BCUT2D eigenvalue weighted by Gasteiger charge is -2.10. The van der Waals surface area contributed by atoms with E-state index in [0.717, 1.165) is 16.1 Å². The highest BCUT2D eigenvalue weighted by molar-refractivity contribution is 7.99. The first-order chi connectivity index (χ1) is 8.61. The minimum Gasteiger partial charge on any atom is -0.298 e. The molecular formula is C15H13ClOS. The van der Waals surface area contributed by atoms with Crippen LogP contribution in [0.15, 0.2) is 46.2 Å². The molecule has 1 nitrogen and oxygen atoms in total. The molecule has 3 heteroatoms. The van der Waals surface area contributed by atoms with Crippen molar-refractivity contribution in [2.75, 3.05) is 0 Å². The monoisotopic (exact) mass is 276 g/mol. The van der Waals surface area contributed by atoms with Gasteiger partial charge in [-0.3, -0.25) is 4.79 Å². The van der Waals surface area contributed by atoms with Crippen LogP contribution in [0, 0.1) is 13.8 Å². The molecule has 0 saturated carbocycles. The topological polar surface area (TPSA) is 17.1 Å². The lowest BCUT2D eigenvalue weighted by atomic mass is 10.2. The van der Waals surface area contributed by atoms with Crippen LogP contribution in [0.5, 0.6) is 0 Å². The second-order valence-electron chi connectivity index (χ2n) is 4.15. The number of aldehydes is 1. The first-order valence-corrected chi connectivity index (χ1v) is 6.80. The van der Waals surface area contributed by atoms with Crippen LogP contribution >= 0.6 is 23.4 Å². The molecule has 0 amide bonds. The Hall–Kier alpha value is -1.25. The Bertz CT molecular complexity index is 593. The third-order valence-corrected chi connectivity index (χ3v) is 4.43. The van der Waals surface area contributed by atoms with E-state index in [1.54, 1.807) is 23.9 Å². The predicted octanol–water partition coefficient (Wildman–Crippen LogP) is 4.92. The third-order valence-electron chi connectivity index (χ3n) is 2.68. The van der Waals surface area contributed by atoms with Gasteiger partial charge in [0, 0.05) is 15.4 Å². The van der Waals surface area contributed by atoms with Crippen molar-refractivity contribution in [2.24, 2.45) is 0 Å². The molecule has 0 heterocycles. The summed E-state index contributed by atoms with van der Waals surface area (Å²) in [6.45, 7) is 4.11. The van der Waals surface area contributed by atoms with Crippen LogP contribution in [-0.2, 0) is 0 Å². The Morgan fingerprint density at radius 2 is 1.94 bits per heavy atom. The molecule has 0 spiro atoms. The molecule has 0 radical (unpaired) electrons. The number of benzene rings is 2. The summed E-state index contributed by atoms with van der Waals surface area (Å²) in [5, 5.41) is 0.616. The summed E-state index contributed by atoms with van der Waals surface area (Å²) in [5.74, 6) is 0. The second-order valence-corrected chi connectivity index (χ2v) is 5.61. The second kappa shape index (κ2) is 5.59. The average molecular weight is 277 g/mol. The van der Waals surface area contributed by atoms with Gasteiger partial charge in [-0.1, -0.05) is 47.6 Å². The predicted molar refractivity (Wildman–Crippen MR) is 76.9 cm³/mol. The van der Waals surface area contributed by atoms with Crippen molar-refractivity contribution in [3.63, 3.8) is 0 Å². The van der Waals surface area contributed by atoms with Gasteiger partial charge in [-0.15, -0.1) is 0 Å². The van der Waals surface area contributed by atoms with Crippen molar-refractivity contribution < 1.29 is 4.79 Å². The average Bonchev–Trinajstić information content (AvgIpc) is 2.36. The van der Waals surface area contributed by atoms with E-state index in [-0.39, 0.29) is 0 Å². The summed E-state index contributed by atoms with van der Waals surface area (Å²) in [7, 11) is 0. The van der Waals surface area contributed by atoms with Crippen molar-refractivity contribution in [1.82, 2.24) is 0 Å². The van der Waals surface area contributed by atoms with Crippen molar-refractivity contribution in [3.8, 4) is 0 Å². The molecule has 0 bridgehead atoms. The van der Waals surface area contributed by atoms with Crippen LogP contribution in [0.1, 0.15) is 21.5 Å². The zero-order chi connectivity index (χ0) is 13.1. The van der Waals surface area contributed by atoms with E-state index in [4.69, 9.17) is 11.6 Å². The van der Waals surface area contributed by atoms with Crippen LogP contribution in [-0.4, -0.2) is 6.29 Å². The number of carbonyl (C=O) groups excluding carboxylic acids is 1. The zero-order valence-corrected chi connectivity index (χ0v) is 11.8. The Balaban J connectivity index is 2.45. The number of halogens is 1. The van der Waals surface area contributed by atoms with Crippen LogP contribution in [0.4, 0.5) is 0 Å². The van der Waals surface area contributed by atoms with Gasteiger partial charge in [0.1, 0.15) is 0 Å².